The van der Waals surface area contributed by atoms with Gasteiger partial charge in [-0.15, -0.1) is 0 Å². The molecule has 0 aliphatic carbocycles. The van der Waals surface area contributed by atoms with Crippen LogP contribution in [-0.2, 0) is 13.5 Å². The van der Waals surface area contributed by atoms with Crippen molar-refractivity contribution in [1.29, 1.82) is 0 Å². The van der Waals surface area contributed by atoms with Crippen LogP contribution in [0.15, 0.2) is 11.0 Å². The van der Waals surface area contributed by atoms with Crippen LogP contribution in [0.5, 0.6) is 0 Å². The van der Waals surface area contributed by atoms with Gasteiger partial charge < -0.3 is 4.98 Å². The lowest BCUT2D eigenvalue weighted by molar-refractivity contribution is 0.746. The minimum atomic E-state index is -0.0831. The predicted octanol–water partition coefficient (Wildman–Crippen LogP) is 2.46. The van der Waals surface area contributed by atoms with Gasteiger partial charge in [0, 0.05) is 13.2 Å². The van der Waals surface area contributed by atoms with Gasteiger partial charge in [0.1, 0.15) is 5.82 Å². The number of aryl methyl sites for hydroxylation is 2. The van der Waals surface area contributed by atoms with Crippen LogP contribution < -0.4 is 5.56 Å². The first-order valence-electron chi connectivity index (χ1n) is 6.26. The van der Waals surface area contributed by atoms with Crippen molar-refractivity contribution in [3.05, 3.63) is 31.5 Å². The van der Waals surface area contributed by atoms with Gasteiger partial charge in [0.15, 0.2) is 0 Å². The number of H-pyrrole nitrogens is 1. The van der Waals surface area contributed by atoms with E-state index < -0.39 is 0 Å². The van der Waals surface area contributed by atoms with Gasteiger partial charge in [-0.1, -0.05) is 20.8 Å². The summed E-state index contributed by atoms with van der Waals surface area (Å²) in [7, 11) is 1.87. The maximum absolute atomic E-state index is 12.0. The molecule has 5 nitrogen and oxygen atoms in total. The minimum absolute atomic E-state index is 0.0831. The third kappa shape index (κ3) is 2.72. The Balaban J connectivity index is 2.66. The molecule has 0 saturated carbocycles. The first kappa shape index (κ1) is 14.2. The molecule has 19 heavy (non-hydrogen) atoms. The average molecular weight is 372 g/mol. The normalized spacial score (nSPS) is 11.3. The lowest BCUT2D eigenvalue weighted by atomic mass is 10.1. The predicted molar refractivity (Wildman–Crippen MR) is 83.2 cm³/mol. The van der Waals surface area contributed by atoms with E-state index in [1.165, 1.54) is 0 Å². The van der Waals surface area contributed by atoms with Crippen LogP contribution in [0.3, 0.4) is 0 Å². The standard InChI is InChI=1S/C13H17IN4O/c1-5-9-8(6-18(4)17-9)12-15-11(7(2)3)10(14)13(19)16-12/h6-7H,5H2,1-4H3,(H,15,16,19). The van der Waals surface area contributed by atoms with Crippen LogP contribution in [0.25, 0.3) is 11.4 Å². The van der Waals surface area contributed by atoms with E-state index >= 15 is 0 Å². The number of aromatic nitrogens is 4. The van der Waals surface area contributed by atoms with Crippen molar-refractivity contribution in [2.45, 2.75) is 33.1 Å². The molecule has 0 aliphatic rings. The summed E-state index contributed by atoms with van der Waals surface area (Å²) in [6.07, 6.45) is 2.71. The van der Waals surface area contributed by atoms with Crippen molar-refractivity contribution in [3.8, 4) is 11.4 Å². The highest BCUT2D eigenvalue weighted by Crippen LogP contribution is 2.22. The summed E-state index contributed by atoms with van der Waals surface area (Å²) in [6.45, 7) is 6.12. The van der Waals surface area contributed by atoms with E-state index in [0.717, 1.165) is 23.4 Å². The van der Waals surface area contributed by atoms with Crippen LogP contribution in [0, 0.1) is 3.57 Å². The Bertz CT molecular complexity index is 657. The van der Waals surface area contributed by atoms with Gasteiger partial charge in [0.25, 0.3) is 5.56 Å². The lowest BCUT2D eigenvalue weighted by Crippen LogP contribution is -2.17. The van der Waals surface area contributed by atoms with Crippen LogP contribution in [-0.4, -0.2) is 19.7 Å². The quantitative estimate of drug-likeness (QED) is 0.842. The van der Waals surface area contributed by atoms with Gasteiger partial charge in [0.05, 0.1) is 20.5 Å². The Morgan fingerprint density at radius 2 is 2.16 bits per heavy atom. The van der Waals surface area contributed by atoms with E-state index in [9.17, 15) is 4.79 Å². The first-order valence-corrected chi connectivity index (χ1v) is 7.34. The molecule has 2 aromatic rings. The molecule has 0 amide bonds. The number of nitrogens with one attached hydrogen (secondary N) is 1. The van der Waals surface area contributed by atoms with E-state index in [1.54, 1.807) is 4.68 Å². The number of aromatic amines is 1. The van der Waals surface area contributed by atoms with Gasteiger partial charge in [-0.25, -0.2) is 4.98 Å². The summed E-state index contributed by atoms with van der Waals surface area (Å²) < 4.78 is 2.42. The fraction of sp³-hybridized carbons (Fsp3) is 0.462. The summed E-state index contributed by atoms with van der Waals surface area (Å²) in [5.74, 6) is 0.828. The van der Waals surface area contributed by atoms with Gasteiger partial charge in [-0.05, 0) is 34.9 Å². The third-order valence-electron chi connectivity index (χ3n) is 2.93. The van der Waals surface area contributed by atoms with Crippen LogP contribution in [0.1, 0.15) is 38.1 Å². The zero-order chi connectivity index (χ0) is 14.2. The first-order chi connectivity index (χ1) is 8.93. The molecule has 0 atom stereocenters. The number of halogens is 1. The molecule has 6 heteroatoms. The molecule has 0 bridgehead atoms. The van der Waals surface area contributed by atoms with Crippen molar-refractivity contribution >= 4 is 22.6 Å². The fourth-order valence-electron chi connectivity index (χ4n) is 1.98. The third-order valence-corrected chi connectivity index (χ3v) is 3.97. The van der Waals surface area contributed by atoms with Crippen molar-refractivity contribution in [1.82, 2.24) is 19.7 Å². The molecule has 2 aromatic heterocycles. The van der Waals surface area contributed by atoms with Gasteiger partial charge in [-0.2, -0.15) is 5.10 Å². The topological polar surface area (TPSA) is 63.6 Å². The number of nitrogens with zero attached hydrogens (tertiary/aromatic N) is 3. The van der Waals surface area contributed by atoms with E-state index in [4.69, 9.17) is 0 Å². The molecule has 2 rings (SSSR count). The minimum Gasteiger partial charge on any atom is -0.305 e. The van der Waals surface area contributed by atoms with E-state index in [0.29, 0.717) is 9.39 Å². The van der Waals surface area contributed by atoms with Crippen LogP contribution in [0.4, 0.5) is 0 Å². The molecule has 0 fully saturated rings. The Hall–Kier alpha value is -1.18. The molecule has 1 N–H and O–H groups in total. The smallest absolute Gasteiger partial charge is 0.264 e. The Labute approximate surface area is 125 Å². The maximum atomic E-state index is 12.0. The summed E-state index contributed by atoms with van der Waals surface area (Å²) >= 11 is 2.05. The Morgan fingerprint density at radius 1 is 1.47 bits per heavy atom. The van der Waals surface area contributed by atoms with Gasteiger partial charge >= 0.3 is 0 Å². The van der Waals surface area contributed by atoms with Gasteiger partial charge in [0.2, 0.25) is 0 Å². The van der Waals surface area contributed by atoms with Gasteiger partial charge in [-0.3, -0.25) is 9.48 Å². The van der Waals surface area contributed by atoms with Crippen LogP contribution >= 0.6 is 22.6 Å². The second kappa shape index (κ2) is 5.44. The SMILES string of the molecule is CCc1nn(C)cc1-c1nc(C(C)C)c(I)c(=O)[nH]1. The number of hydrogen-bond acceptors (Lipinski definition) is 3. The molecular weight excluding hydrogens is 355 g/mol. The summed E-state index contributed by atoms with van der Waals surface area (Å²) in [5.41, 5.74) is 2.60. The van der Waals surface area contributed by atoms with E-state index in [1.807, 2.05) is 34.0 Å². The second-order valence-corrected chi connectivity index (χ2v) is 5.86. The Kier molecular flexibility index (Phi) is 4.07. The lowest BCUT2D eigenvalue weighted by Gasteiger charge is -2.09. The monoisotopic (exact) mass is 372 g/mol. The molecule has 0 radical (unpaired) electrons. The molecule has 0 aliphatic heterocycles. The molecule has 0 saturated heterocycles. The zero-order valence-corrected chi connectivity index (χ0v) is 13.6. The molecule has 0 unspecified atom stereocenters. The molecule has 0 aromatic carbocycles. The van der Waals surface area contributed by atoms with Crippen LogP contribution in [0.2, 0.25) is 0 Å². The van der Waals surface area contributed by atoms with Crippen molar-refractivity contribution in [2.24, 2.45) is 7.05 Å². The highest BCUT2D eigenvalue weighted by Gasteiger charge is 2.16. The highest BCUT2D eigenvalue weighted by atomic mass is 127. The second-order valence-electron chi connectivity index (χ2n) is 4.79. The van der Waals surface area contributed by atoms with Crippen molar-refractivity contribution in [3.63, 3.8) is 0 Å². The molecule has 102 valence electrons. The molecule has 2 heterocycles. The fourth-order valence-corrected chi connectivity index (χ4v) is 2.86. The molecule has 0 spiro atoms. The largest absolute Gasteiger partial charge is 0.305 e. The summed E-state index contributed by atoms with van der Waals surface area (Å²) in [4.78, 5) is 19.5. The number of hydrogen-bond donors (Lipinski definition) is 1. The van der Waals surface area contributed by atoms with Crippen molar-refractivity contribution < 1.29 is 0 Å². The number of rotatable bonds is 3. The van der Waals surface area contributed by atoms with E-state index in [-0.39, 0.29) is 11.5 Å². The maximum Gasteiger partial charge on any atom is 0.264 e. The van der Waals surface area contributed by atoms with E-state index in [2.05, 4.69) is 37.7 Å². The zero-order valence-electron chi connectivity index (χ0n) is 11.5. The highest BCUT2D eigenvalue weighted by molar-refractivity contribution is 14.1. The summed E-state index contributed by atoms with van der Waals surface area (Å²) in [6, 6.07) is 0. The summed E-state index contributed by atoms with van der Waals surface area (Å²) in [5, 5.41) is 4.38. The van der Waals surface area contributed by atoms with Crippen molar-refractivity contribution in [2.75, 3.05) is 0 Å². The average Bonchev–Trinajstić information content (AvgIpc) is 2.73. The molecular formula is C13H17IN4O. The Morgan fingerprint density at radius 3 is 2.74 bits per heavy atom.